The number of amides is 1. The summed E-state index contributed by atoms with van der Waals surface area (Å²) in [5.41, 5.74) is -0.319. The van der Waals surface area contributed by atoms with Crippen molar-refractivity contribution in [2.45, 2.75) is 40.0 Å². The number of hydrogen-bond donors (Lipinski definition) is 2. The standard InChI is InChI=1S/C14H28N2O3/c1-6-14(2,3)13(19)15-9-11-16(4,5)10-7-8-12(17)18/h6-11H2,1-5H3,(H-,15,17,18,19)/p+1. The fraction of sp³-hybridized carbons (Fsp3) is 0.857. The van der Waals surface area contributed by atoms with Crippen LogP contribution in [0, 0.1) is 5.41 Å². The number of carbonyl (C=O) groups is 2. The third-order valence-electron chi connectivity index (χ3n) is 3.66. The molecule has 0 aromatic carbocycles. The van der Waals surface area contributed by atoms with Gasteiger partial charge in [-0.3, -0.25) is 9.59 Å². The second kappa shape index (κ2) is 7.48. The van der Waals surface area contributed by atoms with Crippen molar-refractivity contribution in [3.63, 3.8) is 0 Å². The van der Waals surface area contributed by atoms with Gasteiger partial charge in [0.1, 0.15) is 0 Å². The van der Waals surface area contributed by atoms with Gasteiger partial charge in [-0.2, -0.15) is 0 Å². The molecule has 0 unspecified atom stereocenters. The van der Waals surface area contributed by atoms with Gasteiger partial charge in [0.2, 0.25) is 5.91 Å². The van der Waals surface area contributed by atoms with E-state index in [4.69, 9.17) is 5.11 Å². The number of carbonyl (C=O) groups excluding carboxylic acids is 1. The van der Waals surface area contributed by atoms with Crippen molar-refractivity contribution in [3.05, 3.63) is 0 Å². The zero-order valence-corrected chi connectivity index (χ0v) is 13.0. The number of quaternary nitrogens is 1. The van der Waals surface area contributed by atoms with Crippen LogP contribution in [-0.4, -0.2) is 55.2 Å². The molecule has 0 saturated heterocycles. The highest BCUT2D eigenvalue weighted by atomic mass is 16.4. The van der Waals surface area contributed by atoms with Crippen LogP contribution >= 0.6 is 0 Å². The molecule has 19 heavy (non-hydrogen) atoms. The summed E-state index contributed by atoms with van der Waals surface area (Å²) in [4.78, 5) is 22.4. The van der Waals surface area contributed by atoms with Crippen LogP contribution in [0.1, 0.15) is 40.0 Å². The Morgan fingerprint density at radius 3 is 2.26 bits per heavy atom. The minimum Gasteiger partial charge on any atom is -0.481 e. The summed E-state index contributed by atoms with van der Waals surface area (Å²) in [5.74, 6) is -0.668. The minimum atomic E-state index is -0.752. The molecule has 0 aromatic heterocycles. The third-order valence-corrected chi connectivity index (χ3v) is 3.66. The molecular weight excluding hydrogens is 244 g/mol. The molecule has 0 aromatic rings. The maximum absolute atomic E-state index is 11.9. The van der Waals surface area contributed by atoms with Gasteiger partial charge in [0.25, 0.3) is 0 Å². The van der Waals surface area contributed by atoms with Crippen LogP contribution in [0.25, 0.3) is 0 Å². The van der Waals surface area contributed by atoms with Crippen LogP contribution < -0.4 is 5.32 Å². The summed E-state index contributed by atoms with van der Waals surface area (Å²) < 4.78 is 0.722. The van der Waals surface area contributed by atoms with Gasteiger partial charge in [-0.15, -0.1) is 0 Å². The molecule has 0 saturated carbocycles. The number of aliphatic carboxylic acids is 1. The molecule has 0 aliphatic rings. The Balaban J connectivity index is 3.98. The summed E-state index contributed by atoms with van der Waals surface area (Å²) in [6.45, 7) is 8.13. The average molecular weight is 273 g/mol. The Hall–Kier alpha value is -1.10. The summed E-state index contributed by atoms with van der Waals surface area (Å²) >= 11 is 0. The van der Waals surface area contributed by atoms with Gasteiger partial charge >= 0.3 is 5.97 Å². The highest BCUT2D eigenvalue weighted by Gasteiger charge is 2.25. The van der Waals surface area contributed by atoms with Crippen molar-refractivity contribution >= 4 is 11.9 Å². The Kier molecular flexibility index (Phi) is 7.05. The predicted molar refractivity (Wildman–Crippen MR) is 75.8 cm³/mol. The van der Waals surface area contributed by atoms with Crippen molar-refractivity contribution < 1.29 is 19.2 Å². The minimum absolute atomic E-state index is 0.0838. The van der Waals surface area contributed by atoms with Crippen LogP contribution in [0.15, 0.2) is 0 Å². The van der Waals surface area contributed by atoms with E-state index in [2.05, 4.69) is 19.4 Å². The third kappa shape index (κ3) is 7.82. The van der Waals surface area contributed by atoms with Gasteiger partial charge in [0, 0.05) is 11.8 Å². The van der Waals surface area contributed by atoms with Crippen LogP contribution in [0.5, 0.6) is 0 Å². The molecule has 1 amide bonds. The monoisotopic (exact) mass is 273 g/mol. The summed E-state index contributed by atoms with van der Waals surface area (Å²) in [7, 11) is 4.11. The highest BCUT2D eigenvalue weighted by Crippen LogP contribution is 2.19. The van der Waals surface area contributed by atoms with E-state index in [-0.39, 0.29) is 17.7 Å². The number of rotatable bonds is 9. The van der Waals surface area contributed by atoms with Crippen LogP contribution in [0.3, 0.4) is 0 Å². The molecule has 112 valence electrons. The van der Waals surface area contributed by atoms with Crippen molar-refractivity contribution in [1.82, 2.24) is 5.32 Å². The molecule has 0 radical (unpaired) electrons. The first-order chi connectivity index (χ1) is 8.60. The zero-order chi connectivity index (χ0) is 15.1. The van der Waals surface area contributed by atoms with E-state index in [1.165, 1.54) is 0 Å². The summed E-state index contributed by atoms with van der Waals surface area (Å²) in [6.07, 6.45) is 1.68. The van der Waals surface area contributed by atoms with E-state index in [1.807, 2.05) is 20.8 Å². The van der Waals surface area contributed by atoms with Gasteiger partial charge < -0.3 is 14.9 Å². The topological polar surface area (TPSA) is 66.4 Å². The molecule has 0 rings (SSSR count). The van der Waals surface area contributed by atoms with E-state index >= 15 is 0 Å². The van der Waals surface area contributed by atoms with Gasteiger partial charge in [-0.05, 0) is 6.42 Å². The average Bonchev–Trinajstić information content (AvgIpc) is 2.27. The van der Waals surface area contributed by atoms with E-state index in [9.17, 15) is 9.59 Å². The first kappa shape index (κ1) is 17.9. The number of nitrogens with one attached hydrogen (secondary N) is 1. The molecule has 2 N–H and O–H groups in total. The van der Waals surface area contributed by atoms with Crippen LogP contribution in [-0.2, 0) is 9.59 Å². The van der Waals surface area contributed by atoms with E-state index < -0.39 is 5.97 Å². The molecule has 0 atom stereocenters. The highest BCUT2D eigenvalue weighted by molar-refractivity contribution is 5.81. The Morgan fingerprint density at radius 1 is 1.21 bits per heavy atom. The Labute approximate surface area is 116 Å². The van der Waals surface area contributed by atoms with Crippen molar-refractivity contribution in [2.75, 3.05) is 33.7 Å². The molecule has 5 nitrogen and oxygen atoms in total. The van der Waals surface area contributed by atoms with E-state index in [0.29, 0.717) is 13.0 Å². The number of carboxylic acid groups (broad SMARTS) is 1. The van der Waals surface area contributed by atoms with Gasteiger partial charge in [0.05, 0.1) is 40.2 Å². The normalized spacial score (nSPS) is 12.3. The van der Waals surface area contributed by atoms with Crippen molar-refractivity contribution in [2.24, 2.45) is 5.41 Å². The first-order valence-corrected chi connectivity index (χ1v) is 6.93. The number of likely N-dealkylation sites (N-methyl/N-ethyl adjacent to an activating group) is 1. The lowest BCUT2D eigenvalue weighted by Gasteiger charge is -2.30. The summed E-state index contributed by atoms with van der Waals surface area (Å²) in [5, 5.41) is 11.6. The largest absolute Gasteiger partial charge is 0.481 e. The maximum atomic E-state index is 11.9. The SMILES string of the molecule is CCC(C)(C)C(=O)NCC[N+](C)(C)CCCC(=O)O. The van der Waals surface area contributed by atoms with E-state index in [0.717, 1.165) is 24.0 Å². The lowest BCUT2D eigenvalue weighted by molar-refractivity contribution is -0.889. The van der Waals surface area contributed by atoms with E-state index in [1.54, 1.807) is 0 Å². The first-order valence-electron chi connectivity index (χ1n) is 6.93. The van der Waals surface area contributed by atoms with Gasteiger partial charge in [-0.25, -0.2) is 0 Å². The zero-order valence-electron chi connectivity index (χ0n) is 13.0. The Bertz CT molecular complexity index is 312. The number of hydrogen-bond acceptors (Lipinski definition) is 2. The Morgan fingerprint density at radius 2 is 1.79 bits per heavy atom. The quantitative estimate of drug-likeness (QED) is 0.625. The fourth-order valence-corrected chi connectivity index (χ4v) is 1.64. The van der Waals surface area contributed by atoms with Crippen molar-refractivity contribution in [1.29, 1.82) is 0 Å². The second-order valence-electron chi connectivity index (χ2n) is 6.37. The van der Waals surface area contributed by atoms with Crippen LogP contribution in [0.4, 0.5) is 0 Å². The molecule has 0 aliphatic carbocycles. The number of carboxylic acids is 1. The lowest BCUT2D eigenvalue weighted by atomic mass is 9.89. The molecule has 0 bridgehead atoms. The van der Waals surface area contributed by atoms with Crippen LogP contribution in [0.2, 0.25) is 0 Å². The summed E-state index contributed by atoms with van der Waals surface area (Å²) in [6, 6.07) is 0. The molecule has 0 aliphatic heterocycles. The maximum Gasteiger partial charge on any atom is 0.303 e. The van der Waals surface area contributed by atoms with Gasteiger partial charge in [-0.1, -0.05) is 20.8 Å². The molecule has 0 heterocycles. The molecule has 0 fully saturated rings. The molecule has 5 heteroatoms. The smallest absolute Gasteiger partial charge is 0.303 e. The van der Waals surface area contributed by atoms with Crippen molar-refractivity contribution in [3.8, 4) is 0 Å². The fourth-order valence-electron chi connectivity index (χ4n) is 1.64. The number of nitrogens with zero attached hydrogens (tertiary/aromatic N) is 1. The lowest BCUT2D eigenvalue weighted by Crippen LogP contribution is -2.47. The predicted octanol–water partition coefficient (Wildman–Crippen LogP) is 1.48. The van der Waals surface area contributed by atoms with Gasteiger partial charge in [0.15, 0.2) is 0 Å². The second-order valence-corrected chi connectivity index (χ2v) is 6.37. The molecule has 0 spiro atoms. The molecular formula is C14H29N2O3+.